The van der Waals surface area contributed by atoms with Crippen molar-refractivity contribution in [3.8, 4) is 0 Å². The second-order valence-electron chi connectivity index (χ2n) is 2.95. The maximum atomic E-state index is 10.5. The van der Waals surface area contributed by atoms with Gasteiger partial charge in [-0.2, -0.15) is 0 Å². The molecular formula is C7H17N3O2. The quantitative estimate of drug-likeness (QED) is 0.375. The number of hydrogen-bond acceptors (Lipinski definition) is 4. The summed E-state index contributed by atoms with van der Waals surface area (Å²) in [5.41, 5.74) is 10.3. The SMILES string of the molecule is CC(CO)CNCC(N)C(N)=O. The van der Waals surface area contributed by atoms with E-state index in [0.29, 0.717) is 13.1 Å². The Morgan fingerprint density at radius 1 is 1.58 bits per heavy atom. The van der Waals surface area contributed by atoms with E-state index in [0.717, 1.165) is 0 Å². The van der Waals surface area contributed by atoms with E-state index in [9.17, 15) is 4.79 Å². The molecule has 0 aliphatic heterocycles. The lowest BCUT2D eigenvalue weighted by atomic mass is 10.2. The van der Waals surface area contributed by atoms with Crippen molar-refractivity contribution in [1.82, 2.24) is 5.32 Å². The number of amides is 1. The first kappa shape index (κ1) is 11.4. The fourth-order valence-corrected chi connectivity index (χ4v) is 0.650. The lowest BCUT2D eigenvalue weighted by molar-refractivity contribution is -0.119. The van der Waals surface area contributed by atoms with E-state index in [-0.39, 0.29) is 12.5 Å². The molecule has 0 aromatic rings. The maximum Gasteiger partial charge on any atom is 0.235 e. The maximum absolute atomic E-state index is 10.5. The molecule has 72 valence electrons. The van der Waals surface area contributed by atoms with Gasteiger partial charge in [-0.1, -0.05) is 6.92 Å². The van der Waals surface area contributed by atoms with Gasteiger partial charge in [0.15, 0.2) is 0 Å². The molecule has 6 N–H and O–H groups in total. The number of nitrogens with two attached hydrogens (primary N) is 2. The van der Waals surface area contributed by atoms with Crippen LogP contribution in [0.5, 0.6) is 0 Å². The summed E-state index contributed by atoms with van der Waals surface area (Å²) in [6, 6.07) is -0.643. The Labute approximate surface area is 72.1 Å². The predicted octanol–water partition coefficient (Wildman–Crippen LogP) is -1.98. The van der Waals surface area contributed by atoms with Gasteiger partial charge in [-0.15, -0.1) is 0 Å². The van der Waals surface area contributed by atoms with Crippen molar-refractivity contribution in [2.75, 3.05) is 19.7 Å². The molecule has 0 aliphatic rings. The van der Waals surface area contributed by atoms with Crippen LogP contribution >= 0.6 is 0 Å². The van der Waals surface area contributed by atoms with Gasteiger partial charge in [-0.05, 0) is 12.5 Å². The average molecular weight is 175 g/mol. The smallest absolute Gasteiger partial charge is 0.235 e. The van der Waals surface area contributed by atoms with E-state index in [4.69, 9.17) is 16.6 Å². The average Bonchev–Trinajstić information content (AvgIpc) is 2.03. The molecule has 0 saturated heterocycles. The topological polar surface area (TPSA) is 101 Å². The van der Waals surface area contributed by atoms with Crippen molar-refractivity contribution in [2.45, 2.75) is 13.0 Å². The molecule has 0 spiro atoms. The van der Waals surface area contributed by atoms with Gasteiger partial charge in [0.1, 0.15) is 0 Å². The molecule has 0 radical (unpaired) electrons. The van der Waals surface area contributed by atoms with Crippen LogP contribution in [0.15, 0.2) is 0 Å². The second-order valence-corrected chi connectivity index (χ2v) is 2.95. The van der Waals surface area contributed by atoms with Crippen LogP contribution in [0.1, 0.15) is 6.92 Å². The van der Waals surface area contributed by atoms with E-state index < -0.39 is 11.9 Å². The third-order valence-electron chi connectivity index (χ3n) is 1.53. The Hall–Kier alpha value is -0.650. The first-order valence-corrected chi connectivity index (χ1v) is 3.94. The highest BCUT2D eigenvalue weighted by Gasteiger charge is 2.08. The van der Waals surface area contributed by atoms with Crippen LogP contribution in [0.2, 0.25) is 0 Å². The molecule has 12 heavy (non-hydrogen) atoms. The lowest BCUT2D eigenvalue weighted by Crippen LogP contribution is -2.45. The number of rotatable bonds is 6. The highest BCUT2D eigenvalue weighted by Crippen LogP contribution is 1.88. The molecule has 0 aromatic carbocycles. The number of carbonyl (C=O) groups is 1. The fourth-order valence-electron chi connectivity index (χ4n) is 0.650. The summed E-state index contributed by atoms with van der Waals surface area (Å²) in [6.07, 6.45) is 0. The summed E-state index contributed by atoms with van der Waals surface area (Å²) in [5.74, 6) is -0.343. The monoisotopic (exact) mass is 175 g/mol. The molecular weight excluding hydrogens is 158 g/mol. The molecule has 1 amide bonds. The molecule has 2 unspecified atom stereocenters. The molecule has 5 nitrogen and oxygen atoms in total. The van der Waals surface area contributed by atoms with Gasteiger partial charge in [-0.25, -0.2) is 0 Å². The van der Waals surface area contributed by atoms with Gasteiger partial charge in [0.2, 0.25) is 5.91 Å². The molecule has 0 aromatic heterocycles. The largest absolute Gasteiger partial charge is 0.396 e. The van der Waals surface area contributed by atoms with Crippen molar-refractivity contribution in [3.05, 3.63) is 0 Å². The molecule has 0 rings (SSSR count). The van der Waals surface area contributed by atoms with Gasteiger partial charge in [0.05, 0.1) is 6.04 Å². The zero-order valence-electron chi connectivity index (χ0n) is 7.29. The molecule has 0 aliphatic carbocycles. The van der Waals surface area contributed by atoms with Crippen molar-refractivity contribution in [1.29, 1.82) is 0 Å². The van der Waals surface area contributed by atoms with Crippen LogP contribution in [-0.2, 0) is 4.79 Å². The minimum atomic E-state index is -0.643. The third kappa shape index (κ3) is 5.06. The summed E-state index contributed by atoms with van der Waals surface area (Å²) in [4.78, 5) is 10.5. The molecule has 0 bridgehead atoms. The van der Waals surface area contributed by atoms with Crippen molar-refractivity contribution in [2.24, 2.45) is 17.4 Å². The fraction of sp³-hybridized carbons (Fsp3) is 0.857. The van der Waals surface area contributed by atoms with Crippen LogP contribution in [0.3, 0.4) is 0 Å². The van der Waals surface area contributed by atoms with Crippen molar-refractivity contribution < 1.29 is 9.90 Å². The number of carbonyl (C=O) groups excluding carboxylic acids is 1. The highest BCUT2D eigenvalue weighted by molar-refractivity contribution is 5.79. The molecule has 2 atom stereocenters. The van der Waals surface area contributed by atoms with Crippen LogP contribution in [0.4, 0.5) is 0 Å². The lowest BCUT2D eigenvalue weighted by Gasteiger charge is -2.11. The summed E-state index contributed by atoms with van der Waals surface area (Å²) >= 11 is 0. The van der Waals surface area contributed by atoms with Gasteiger partial charge in [0, 0.05) is 13.2 Å². The number of nitrogens with one attached hydrogen (secondary N) is 1. The molecule has 0 heterocycles. The van der Waals surface area contributed by atoms with Crippen LogP contribution in [0, 0.1) is 5.92 Å². The molecule has 0 saturated carbocycles. The van der Waals surface area contributed by atoms with E-state index in [1.807, 2.05) is 6.92 Å². The minimum Gasteiger partial charge on any atom is -0.396 e. The van der Waals surface area contributed by atoms with Gasteiger partial charge >= 0.3 is 0 Å². The zero-order chi connectivity index (χ0) is 9.56. The normalized spacial score (nSPS) is 15.6. The number of aliphatic hydroxyl groups is 1. The van der Waals surface area contributed by atoms with Crippen molar-refractivity contribution in [3.63, 3.8) is 0 Å². The van der Waals surface area contributed by atoms with E-state index in [2.05, 4.69) is 5.32 Å². The Kier molecular flexibility index (Phi) is 5.61. The Balaban J connectivity index is 3.37. The van der Waals surface area contributed by atoms with Gasteiger partial charge in [0.25, 0.3) is 0 Å². The second kappa shape index (κ2) is 5.93. The minimum absolute atomic E-state index is 0.124. The molecule has 5 heteroatoms. The Morgan fingerprint density at radius 3 is 2.58 bits per heavy atom. The van der Waals surface area contributed by atoms with E-state index in [1.54, 1.807) is 0 Å². The standard InChI is InChI=1S/C7H17N3O2/c1-5(4-11)2-10-3-6(8)7(9)12/h5-6,10-11H,2-4,8H2,1H3,(H2,9,12). The summed E-state index contributed by atoms with van der Waals surface area (Å²) < 4.78 is 0. The Bertz CT molecular complexity index is 141. The number of hydrogen-bond donors (Lipinski definition) is 4. The summed E-state index contributed by atoms with van der Waals surface area (Å²) in [6.45, 7) is 3.01. The first-order valence-electron chi connectivity index (χ1n) is 3.94. The highest BCUT2D eigenvalue weighted by atomic mass is 16.3. The van der Waals surface area contributed by atoms with Crippen molar-refractivity contribution >= 4 is 5.91 Å². The predicted molar refractivity (Wildman–Crippen MR) is 46.3 cm³/mol. The number of aliphatic hydroxyl groups excluding tert-OH is 1. The molecule has 0 fully saturated rings. The first-order chi connectivity index (χ1) is 5.57. The van der Waals surface area contributed by atoms with Gasteiger partial charge in [-0.3, -0.25) is 4.79 Å². The van der Waals surface area contributed by atoms with Crippen LogP contribution < -0.4 is 16.8 Å². The Morgan fingerprint density at radius 2 is 2.17 bits per heavy atom. The summed E-state index contributed by atoms with van der Waals surface area (Å²) in [5, 5.41) is 11.6. The number of primary amides is 1. The zero-order valence-corrected chi connectivity index (χ0v) is 7.29. The third-order valence-corrected chi connectivity index (χ3v) is 1.53. The van der Waals surface area contributed by atoms with E-state index in [1.165, 1.54) is 0 Å². The van der Waals surface area contributed by atoms with Gasteiger partial charge < -0.3 is 21.9 Å². The van der Waals surface area contributed by atoms with E-state index >= 15 is 0 Å². The summed E-state index contributed by atoms with van der Waals surface area (Å²) in [7, 11) is 0. The van der Waals surface area contributed by atoms with Crippen LogP contribution in [-0.4, -0.2) is 36.8 Å². The van der Waals surface area contributed by atoms with Crippen LogP contribution in [0.25, 0.3) is 0 Å².